The fraction of sp³-hybridized carbons (Fsp3) is 0.444. The van der Waals surface area contributed by atoms with E-state index in [-0.39, 0.29) is 13.0 Å². The Morgan fingerprint density at radius 1 is 1.38 bits per heavy atom. The maximum absolute atomic E-state index is 12.2. The van der Waals surface area contributed by atoms with Crippen LogP contribution in [0.2, 0.25) is 0 Å². The molecule has 0 spiro atoms. The van der Waals surface area contributed by atoms with E-state index in [4.69, 9.17) is 4.74 Å². The molecular formula is C18H22N2O5S. The van der Waals surface area contributed by atoms with Gasteiger partial charge in [-0.25, -0.2) is 13.2 Å². The number of nitrogens with zero attached hydrogens (tertiary/aromatic N) is 1. The zero-order chi connectivity index (χ0) is 19.5. The summed E-state index contributed by atoms with van der Waals surface area (Å²) < 4.78 is 27.9. The highest BCUT2D eigenvalue weighted by atomic mass is 32.2. The lowest BCUT2D eigenvalue weighted by atomic mass is 10.0. The van der Waals surface area contributed by atoms with Crippen molar-refractivity contribution in [2.45, 2.75) is 31.1 Å². The molecule has 0 aromatic heterocycles. The second kappa shape index (κ2) is 7.38. The van der Waals surface area contributed by atoms with Crippen molar-refractivity contribution in [3.05, 3.63) is 29.8 Å². The van der Waals surface area contributed by atoms with Crippen molar-refractivity contribution in [1.82, 2.24) is 5.32 Å². The maximum Gasteiger partial charge on any atom is 0.414 e. The highest BCUT2D eigenvalue weighted by Gasteiger charge is 2.47. The van der Waals surface area contributed by atoms with Gasteiger partial charge in [0, 0.05) is 31.0 Å². The van der Waals surface area contributed by atoms with E-state index >= 15 is 0 Å². The van der Waals surface area contributed by atoms with Gasteiger partial charge in [-0.2, -0.15) is 0 Å². The number of benzene rings is 1. The number of rotatable bonds is 5. The number of cyclic esters (lactones) is 1. The van der Waals surface area contributed by atoms with Gasteiger partial charge in [0.25, 0.3) is 0 Å². The van der Waals surface area contributed by atoms with Gasteiger partial charge in [0.05, 0.1) is 6.54 Å². The van der Waals surface area contributed by atoms with Gasteiger partial charge in [-0.15, -0.1) is 5.92 Å². The first kappa shape index (κ1) is 19.8. The highest BCUT2D eigenvalue weighted by molar-refractivity contribution is 7.92. The molecule has 0 saturated carbocycles. The average molecular weight is 378 g/mol. The predicted octanol–water partition coefficient (Wildman–Crippen LogP) is 1.32. The summed E-state index contributed by atoms with van der Waals surface area (Å²) in [6.45, 7) is 3.25. The zero-order valence-electron chi connectivity index (χ0n) is 15.2. The Hall–Kier alpha value is -2.53. The number of hydrogen-bond donors (Lipinski definition) is 1. The lowest BCUT2D eigenvalue weighted by Gasteiger charge is -2.27. The van der Waals surface area contributed by atoms with E-state index in [0.717, 1.165) is 11.8 Å². The number of anilines is 1. The monoisotopic (exact) mass is 378 g/mol. The predicted molar refractivity (Wildman–Crippen MR) is 98.5 cm³/mol. The van der Waals surface area contributed by atoms with Crippen LogP contribution in [-0.2, 0) is 19.4 Å². The number of amides is 2. The quantitative estimate of drug-likeness (QED) is 0.780. The molecule has 2 rings (SSSR count). The second-order valence-electron chi connectivity index (χ2n) is 6.32. The standard InChI is InChI=1S/C18H22N2O5S/c1-5-6-13-7-9-14(10-8-13)20-12-15(25-17(20)22)11-18(2,16(21)19-3)26(4,23)24/h7-10,15H,11-12H2,1-4H3,(H,19,21). The van der Waals surface area contributed by atoms with Crippen molar-refractivity contribution in [3.63, 3.8) is 0 Å². The molecule has 7 nitrogen and oxygen atoms in total. The van der Waals surface area contributed by atoms with Crippen LogP contribution >= 0.6 is 0 Å². The molecule has 1 aliphatic rings. The summed E-state index contributed by atoms with van der Waals surface area (Å²) >= 11 is 0. The minimum absolute atomic E-state index is 0.118. The molecule has 1 aromatic carbocycles. The van der Waals surface area contributed by atoms with Gasteiger partial charge in [0.15, 0.2) is 14.6 Å². The Balaban J connectivity index is 2.20. The summed E-state index contributed by atoms with van der Waals surface area (Å²) in [7, 11) is -2.34. The summed E-state index contributed by atoms with van der Waals surface area (Å²) in [5.41, 5.74) is 1.45. The van der Waals surface area contributed by atoms with Crippen LogP contribution in [0.25, 0.3) is 0 Å². The van der Waals surface area contributed by atoms with Crippen LogP contribution in [-0.4, -0.2) is 51.1 Å². The minimum Gasteiger partial charge on any atom is -0.444 e. The summed E-state index contributed by atoms with van der Waals surface area (Å²) in [6, 6.07) is 7.07. The Morgan fingerprint density at radius 2 is 2.00 bits per heavy atom. The molecule has 26 heavy (non-hydrogen) atoms. The summed E-state index contributed by atoms with van der Waals surface area (Å²) in [6.07, 6.45) is -0.399. The SMILES string of the molecule is CC#Cc1ccc(N2CC(CC(C)(C(=O)NC)S(C)(=O)=O)OC2=O)cc1. The summed E-state index contributed by atoms with van der Waals surface area (Å²) in [4.78, 5) is 25.8. The minimum atomic E-state index is -3.71. The van der Waals surface area contributed by atoms with E-state index in [0.29, 0.717) is 5.69 Å². The molecule has 2 atom stereocenters. The molecule has 2 unspecified atom stereocenters. The first-order chi connectivity index (χ1) is 12.1. The number of carbonyl (C=O) groups is 2. The smallest absolute Gasteiger partial charge is 0.414 e. The number of hydrogen-bond acceptors (Lipinski definition) is 5. The van der Waals surface area contributed by atoms with Crippen molar-refractivity contribution in [1.29, 1.82) is 0 Å². The summed E-state index contributed by atoms with van der Waals surface area (Å²) in [5.74, 6) is 5.08. The van der Waals surface area contributed by atoms with E-state index in [1.54, 1.807) is 31.2 Å². The topological polar surface area (TPSA) is 92.8 Å². The molecule has 1 N–H and O–H groups in total. The second-order valence-corrected chi connectivity index (χ2v) is 8.77. The average Bonchev–Trinajstić information content (AvgIpc) is 2.94. The van der Waals surface area contributed by atoms with Crippen molar-refractivity contribution in [3.8, 4) is 11.8 Å². The molecule has 1 aromatic rings. The van der Waals surface area contributed by atoms with Crippen LogP contribution in [0.4, 0.5) is 10.5 Å². The molecule has 1 saturated heterocycles. The van der Waals surface area contributed by atoms with Crippen molar-refractivity contribution < 1.29 is 22.7 Å². The maximum atomic E-state index is 12.2. The highest BCUT2D eigenvalue weighted by Crippen LogP contribution is 2.30. The third-order valence-electron chi connectivity index (χ3n) is 4.47. The van der Waals surface area contributed by atoms with Gasteiger partial charge in [-0.3, -0.25) is 9.69 Å². The van der Waals surface area contributed by atoms with Crippen LogP contribution in [0.1, 0.15) is 25.8 Å². The number of nitrogens with one attached hydrogen (secondary N) is 1. The fourth-order valence-electron chi connectivity index (χ4n) is 2.82. The van der Waals surface area contributed by atoms with Gasteiger partial charge in [-0.1, -0.05) is 5.92 Å². The Bertz CT molecular complexity index is 867. The molecule has 140 valence electrons. The van der Waals surface area contributed by atoms with E-state index in [1.807, 2.05) is 0 Å². The molecule has 1 aliphatic heterocycles. The Kier molecular flexibility index (Phi) is 5.62. The molecule has 0 radical (unpaired) electrons. The van der Waals surface area contributed by atoms with E-state index in [1.165, 1.54) is 18.9 Å². The molecule has 8 heteroatoms. The fourth-order valence-corrected chi connectivity index (χ4v) is 3.75. The lowest BCUT2D eigenvalue weighted by molar-refractivity contribution is -0.123. The Morgan fingerprint density at radius 3 is 2.50 bits per heavy atom. The molecular weight excluding hydrogens is 356 g/mol. The summed E-state index contributed by atoms with van der Waals surface area (Å²) in [5, 5.41) is 2.37. The molecule has 1 heterocycles. The normalized spacial score (nSPS) is 19.2. The number of carbonyl (C=O) groups excluding carboxylic acids is 2. The van der Waals surface area contributed by atoms with Gasteiger partial charge in [0.2, 0.25) is 5.91 Å². The number of ether oxygens (including phenoxy) is 1. The van der Waals surface area contributed by atoms with E-state index in [9.17, 15) is 18.0 Å². The largest absolute Gasteiger partial charge is 0.444 e. The van der Waals surface area contributed by atoms with E-state index < -0.39 is 32.7 Å². The van der Waals surface area contributed by atoms with Gasteiger partial charge in [-0.05, 0) is 38.1 Å². The molecule has 0 bridgehead atoms. The van der Waals surface area contributed by atoms with Crippen LogP contribution in [0.3, 0.4) is 0 Å². The molecule has 2 amide bonds. The van der Waals surface area contributed by atoms with Crippen LogP contribution < -0.4 is 10.2 Å². The third-order valence-corrected chi connectivity index (χ3v) is 6.45. The molecule has 1 fully saturated rings. The molecule has 0 aliphatic carbocycles. The zero-order valence-corrected chi connectivity index (χ0v) is 16.0. The van der Waals surface area contributed by atoms with Gasteiger partial charge in [0.1, 0.15) is 6.10 Å². The van der Waals surface area contributed by atoms with Crippen LogP contribution in [0.15, 0.2) is 24.3 Å². The Labute approximate surface area is 153 Å². The van der Waals surface area contributed by atoms with Crippen molar-refractivity contribution in [2.75, 3.05) is 24.7 Å². The lowest BCUT2D eigenvalue weighted by Crippen LogP contribution is -2.51. The third kappa shape index (κ3) is 3.83. The first-order valence-corrected chi connectivity index (χ1v) is 9.94. The van der Waals surface area contributed by atoms with Gasteiger partial charge >= 0.3 is 6.09 Å². The van der Waals surface area contributed by atoms with E-state index in [2.05, 4.69) is 17.2 Å². The van der Waals surface area contributed by atoms with Crippen molar-refractivity contribution >= 4 is 27.5 Å². The number of sulfone groups is 1. The van der Waals surface area contributed by atoms with Gasteiger partial charge < -0.3 is 10.1 Å². The van der Waals surface area contributed by atoms with Crippen LogP contribution in [0.5, 0.6) is 0 Å². The van der Waals surface area contributed by atoms with Crippen LogP contribution in [0, 0.1) is 11.8 Å². The van der Waals surface area contributed by atoms with Crippen molar-refractivity contribution in [2.24, 2.45) is 0 Å². The first-order valence-electron chi connectivity index (χ1n) is 8.05.